The van der Waals surface area contributed by atoms with Crippen LogP contribution in [-0.4, -0.2) is 70.1 Å². The van der Waals surface area contributed by atoms with E-state index < -0.39 is 0 Å². The van der Waals surface area contributed by atoms with Gasteiger partial charge >= 0.3 is 0 Å². The third kappa shape index (κ3) is 3.61. The van der Waals surface area contributed by atoms with Crippen LogP contribution in [0.1, 0.15) is 16.5 Å². The van der Waals surface area contributed by atoms with Crippen LogP contribution < -0.4 is 15.4 Å². The van der Waals surface area contributed by atoms with Gasteiger partial charge in [0.1, 0.15) is 6.33 Å². The molecule has 0 saturated carbocycles. The maximum Gasteiger partial charge on any atom is 0.273 e. The standard InChI is InChI=1S/C19H22N8O2/c1-20-19(28)16-14(7-8-22-24-16)23-15-6-4-5-13(17(15)29-3)18-21-11-27(25-18)12-9-26(2)10-12/h4-8,11-12H,9-10H2,1-3H3,(H,20,28)(H,22,23). The fraction of sp³-hybridized carbons (Fsp3) is 0.316. The number of methoxy groups -OCH3 is 1. The SMILES string of the molecule is CNC(=O)c1nnccc1Nc1cccc(-c2ncn(C3CN(C)C3)n2)c1OC. The van der Waals surface area contributed by atoms with Crippen molar-refractivity contribution in [1.82, 2.24) is 35.2 Å². The molecule has 4 rings (SSSR count). The molecule has 2 N–H and O–H groups in total. The summed E-state index contributed by atoms with van der Waals surface area (Å²) in [7, 11) is 5.21. The predicted octanol–water partition coefficient (Wildman–Crippen LogP) is 1.33. The van der Waals surface area contributed by atoms with Crippen molar-refractivity contribution in [3.63, 3.8) is 0 Å². The number of aromatic nitrogens is 5. The van der Waals surface area contributed by atoms with Crippen LogP contribution >= 0.6 is 0 Å². The minimum Gasteiger partial charge on any atom is -0.494 e. The lowest BCUT2D eigenvalue weighted by Gasteiger charge is -2.35. The van der Waals surface area contributed by atoms with Gasteiger partial charge in [-0.25, -0.2) is 9.67 Å². The molecular weight excluding hydrogens is 372 g/mol. The summed E-state index contributed by atoms with van der Waals surface area (Å²) in [6, 6.07) is 7.66. The Morgan fingerprint density at radius 2 is 2.07 bits per heavy atom. The van der Waals surface area contributed by atoms with Gasteiger partial charge in [-0.3, -0.25) is 4.79 Å². The van der Waals surface area contributed by atoms with E-state index in [0.717, 1.165) is 18.7 Å². The molecule has 10 heteroatoms. The molecule has 0 aliphatic carbocycles. The largest absolute Gasteiger partial charge is 0.494 e. The number of nitrogens with zero attached hydrogens (tertiary/aromatic N) is 6. The lowest BCUT2D eigenvalue weighted by molar-refractivity contribution is 0.0958. The Balaban J connectivity index is 1.66. The molecule has 1 aliphatic rings. The average molecular weight is 394 g/mol. The Morgan fingerprint density at radius 3 is 2.79 bits per heavy atom. The van der Waals surface area contributed by atoms with E-state index in [0.29, 0.717) is 29.0 Å². The van der Waals surface area contributed by atoms with Crippen LogP contribution in [0.15, 0.2) is 36.8 Å². The number of hydrogen-bond donors (Lipinski definition) is 2. The number of carbonyl (C=O) groups excluding carboxylic acids is 1. The number of amides is 1. The zero-order valence-corrected chi connectivity index (χ0v) is 16.5. The summed E-state index contributed by atoms with van der Waals surface area (Å²) in [4.78, 5) is 18.8. The van der Waals surface area contributed by atoms with Gasteiger partial charge in [-0.1, -0.05) is 6.07 Å². The highest BCUT2D eigenvalue weighted by molar-refractivity contribution is 5.98. The summed E-state index contributed by atoms with van der Waals surface area (Å²) in [5.74, 6) is 0.830. The fourth-order valence-corrected chi connectivity index (χ4v) is 3.30. The van der Waals surface area contributed by atoms with E-state index in [4.69, 9.17) is 4.74 Å². The molecule has 0 radical (unpaired) electrons. The van der Waals surface area contributed by atoms with Gasteiger partial charge in [-0.15, -0.1) is 5.10 Å². The van der Waals surface area contributed by atoms with Crippen LogP contribution in [0.25, 0.3) is 11.4 Å². The van der Waals surface area contributed by atoms with Crippen molar-refractivity contribution in [2.24, 2.45) is 0 Å². The van der Waals surface area contributed by atoms with Crippen molar-refractivity contribution >= 4 is 17.3 Å². The van der Waals surface area contributed by atoms with Crippen molar-refractivity contribution in [3.8, 4) is 17.1 Å². The maximum absolute atomic E-state index is 12.1. The minimum absolute atomic E-state index is 0.193. The first-order chi connectivity index (χ1) is 14.1. The molecule has 3 aromatic rings. The lowest BCUT2D eigenvalue weighted by atomic mass is 10.1. The van der Waals surface area contributed by atoms with Gasteiger partial charge in [0.25, 0.3) is 5.91 Å². The van der Waals surface area contributed by atoms with E-state index in [9.17, 15) is 4.79 Å². The van der Waals surface area contributed by atoms with E-state index in [1.54, 1.807) is 26.6 Å². The molecule has 0 bridgehead atoms. The van der Waals surface area contributed by atoms with E-state index in [1.807, 2.05) is 22.9 Å². The lowest BCUT2D eigenvalue weighted by Crippen LogP contribution is -2.45. The number of para-hydroxylation sites is 1. The topological polar surface area (TPSA) is 110 Å². The molecule has 1 aliphatic heterocycles. The van der Waals surface area contributed by atoms with Crippen molar-refractivity contribution in [1.29, 1.82) is 0 Å². The summed E-state index contributed by atoms with van der Waals surface area (Å²) >= 11 is 0. The molecule has 3 heterocycles. The highest BCUT2D eigenvalue weighted by atomic mass is 16.5. The molecule has 1 aromatic carbocycles. The van der Waals surface area contributed by atoms with Crippen LogP contribution in [0.3, 0.4) is 0 Å². The van der Waals surface area contributed by atoms with Gasteiger partial charge in [-0.2, -0.15) is 10.2 Å². The Labute approximate surface area is 167 Å². The Morgan fingerprint density at radius 1 is 1.24 bits per heavy atom. The number of rotatable bonds is 6. The van der Waals surface area contributed by atoms with Gasteiger partial charge in [-0.05, 0) is 25.2 Å². The average Bonchev–Trinajstić information content (AvgIpc) is 3.20. The highest BCUT2D eigenvalue weighted by Crippen LogP contribution is 2.37. The zero-order chi connectivity index (χ0) is 20.4. The number of ether oxygens (including phenoxy) is 1. The van der Waals surface area contributed by atoms with Crippen LogP contribution in [0, 0.1) is 0 Å². The summed E-state index contributed by atoms with van der Waals surface area (Å²) in [5, 5.41) is 18.1. The quantitative estimate of drug-likeness (QED) is 0.644. The normalized spacial score (nSPS) is 14.3. The first-order valence-corrected chi connectivity index (χ1v) is 9.18. The molecule has 0 unspecified atom stereocenters. The number of hydrogen-bond acceptors (Lipinski definition) is 8. The molecular formula is C19H22N8O2. The zero-order valence-electron chi connectivity index (χ0n) is 16.5. The van der Waals surface area contributed by atoms with Crippen LogP contribution in [0.4, 0.5) is 11.4 Å². The Bertz CT molecular complexity index is 1030. The minimum atomic E-state index is -0.332. The summed E-state index contributed by atoms with van der Waals surface area (Å²) < 4.78 is 7.55. The number of anilines is 2. The number of likely N-dealkylation sites (tertiary alicyclic amines) is 1. The van der Waals surface area contributed by atoms with E-state index >= 15 is 0 Å². The van der Waals surface area contributed by atoms with Gasteiger partial charge in [0, 0.05) is 20.1 Å². The van der Waals surface area contributed by atoms with E-state index in [-0.39, 0.29) is 11.6 Å². The molecule has 2 aromatic heterocycles. The van der Waals surface area contributed by atoms with Crippen molar-refractivity contribution < 1.29 is 9.53 Å². The molecule has 29 heavy (non-hydrogen) atoms. The second-order valence-corrected chi connectivity index (χ2v) is 6.81. The van der Waals surface area contributed by atoms with Gasteiger partial charge < -0.3 is 20.3 Å². The first kappa shape index (κ1) is 18.8. The van der Waals surface area contributed by atoms with Crippen LogP contribution in [-0.2, 0) is 0 Å². The second kappa shape index (κ2) is 7.84. The van der Waals surface area contributed by atoms with Gasteiger partial charge in [0.2, 0.25) is 0 Å². The Hall–Kier alpha value is -3.53. The van der Waals surface area contributed by atoms with Crippen LogP contribution in [0.5, 0.6) is 5.75 Å². The number of likely N-dealkylation sites (N-methyl/N-ethyl adjacent to an activating group) is 1. The molecule has 10 nitrogen and oxygen atoms in total. The summed E-state index contributed by atoms with van der Waals surface area (Å²) in [6.45, 7) is 1.91. The van der Waals surface area contributed by atoms with Gasteiger partial charge in [0.15, 0.2) is 17.3 Å². The van der Waals surface area contributed by atoms with Crippen molar-refractivity contribution in [2.45, 2.75) is 6.04 Å². The van der Waals surface area contributed by atoms with Crippen LogP contribution in [0.2, 0.25) is 0 Å². The fourth-order valence-electron chi connectivity index (χ4n) is 3.30. The number of carbonyl (C=O) groups is 1. The van der Waals surface area contributed by atoms with Crippen molar-refractivity contribution in [2.75, 3.05) is 39.6 Å². The number of benzene rings is 1. The third-order valence-corrected chi connectivity index (χ3v) is 4.82. The highest BCUT2D eigenvalue weighted by Gasteiger charge is 2.26. The smallest absolute Gasteiger partial charge is 0.273 e. The second-order valence-electron chi connectivity index (χ2n) is 6.81. The molecule has 1 saturated heterocycles. The molecule has 0 atom stereocenters. The third-order valence-electron chi connectivity index (χ3n) is 4.82. The Kier molecular flexibility index (Phi) is 5.09. The molecule has 1 amide bonds. The van der Waals surface area contributed by atoms with Crippen molar-refractivity contribution in [3.05, 3.63) is 42.5 Å². The first-order valence-electron chi connectivity index (χ1n) is 9.18. The van der Waals surface area contributed by atoms with Gasteiger partial charge in [0.05, 0.1) is 36.3 Å². The maximum atomic E-state index is 12.1. The monoisotopic (exact) mass is 394 g/mol. The van der Waals surface area contributed by atoms with E-state index in [1.165, 1.54) is 6.20 Å². The summed E-state index contributed by atoms with van der Waals surface area (Å²) in [5.41, 5.74) is 2.14. The van der Waals surface area contributed by atoms with E-state index in [2.05, 4.69) is 42.9 Å². The number of nitrogens with one attached hydrogen (secondary N) is 2. The summed E-state index contributed by atoms with van der Waals surface area (Å²) in [6.07, 6.45) is 3.27. The molecule has 1 fully saturated rings. The molecule has 0 spiro atoms. The predicted molar refractivity (Wildman–Crippen MR) is 107 cm³/mol. The molecule has 150 valence electrons.